The molecule has 2 heterocycles. The Morgan fingerprint density at radius 3 is 2.79 bits per heavy atom. The maximum absolute atomic E-state index is 11.9. The first-order valence-electron chi connectivity index (χ1n) is 7.14. The van der Waals surface area contributed by atoms with Crippen LogP contribution in [0.2, 0.25) is 0 Å². The van der Waals surface area contributed by atoms with Crippen LogP contribution < -0.4 is 10.0 Å². The molecule has 6 nitrogen and oxygen atoms in total. The fourth-order valence-corrected chi connectivity index (χ4v) is 3.60. The van der Waals surface area contributed by atoms with Gasteiger partial charge in [0.1, 0.15) is 0 Å². The predicted molar refractivity (Wildman–Crippen MR) is 74.6 cm³/mol. The molecule has 0 aliphatic carbocycles. The summed E-state index contributed by atoms with van der Waals surface area (Å²) in [5.74, 6) is 0.531. The lowest BCUT2D eigenvalue weighted by atomic mass is 10.0. The minimum atomic E-state index is -3.15. The van der Waals surface area contributed by atoms with Gasteiger partial charge in [0.2, 0.25) is 10.0 Å². The fourth-order valence-electron chi connectivity index (χ4n) is 2.47. The second-order valence-electron chi connectivity index (χ2n) is 5.34. The average molecular weight is 291 g/mol. The Kier molecular flexibility index (Phi) is 6.03. The molecule has 1 atom stereocenters. The van der Waals surface area contributed by atoms with E-state index in [1.54, 1.807) is 0 Å². The summed E-state index contributed by atoms with van der Waals surface area (Å²) in [5, 5.41) is 3.26. The number of piperazine rings is 1. The molecule has 0 radical (unpaired) electrons. The normalized spacial score (nSPS) is 26.4. The first kappa shape index (κ1) is 15.2. The number of ether oxygens (including phenoxy) is 1. The van der Waals surface area contributed by atoms with Crippen LogP contribution in [0.25, 0.3) is 0 Å². The number of nitrogens with one attached hydrogen (secondary N) is 2. The van der Waals surface area contributed by atoms with Crippen molar-refractivity contribution in [3.05, 3.63) is 0 Å². The van der Waals surface area contributed by atoms with Crippen LogP contribution in [0.15, 0.2) is 0 Å². The molecule has 112 valence electrons. The van der Waals surface area contributed by atoms with E-state index in [1.807, 2.05) is 0 Å². The predicted octanol–water partition coefficient (Wildman–Crippen LogP) is -0.762. The lowest BCUT2D eigenvalue weighted by molar-refractivity contribution is 0.0568. The maximum Gasteiger partial charge on any atom is 0.212 e. The Labute approximate surface area is 115 Å². The maximum atomic E-state index is 11.9. The molecule has 0 amide bonds. The lowest BCUT2D eigenvalue weighted by Crippen LogP contribution is -2.46. The molecule has 0 spiro atoms. The highest BCUT2D eigenvalue weighted by Gasteiger charge is 2.19. The summed E-state index contributed by atoms with van der Waals surface area (Å²) in [7, 11) is -3.15. The first-order valence-corrected chi connectivity index (χ1v) is 8.79. The summed E-state index contributed by atoms with van der Waals surface area (Å²) >= 11 is 0. The van der Waals surface area contributed by atoms with Gasteiger partial charge in [-0.15, -0.1) is 0 Å². The van der Waals surface area contributed by atoms with Crippen molar-refractivity contribution >= 4 is 10.0 Å². The van der Waals surface area contributed by atoms with Crippen molar-refractivity contribution in [3.63, 3.8) is 0 Å². The number of rotatable bonds is 6. The Morgan fingerprint density at radius 2 is 2.11 bits per heavy atom. The molecule has 7 heteroatoms. The number of hydrogen-bond donors (Lipinski definition) is 2. The standard InChI is InChI=1S/C12H25N3O3S/c16-19(17,9-7-15-5-3-13-4-6-15)14-10-12-2-1-8-18-11-12/h12-14H,1-11H2. The van der Waals surface area contributed by atoms with E-state index < -0.39 is 10.0 Å². The van der Waals surface area contributed by atoms with E-state index in [9.17, 15) is 8.42 Å². The van der Waals surface area contributed by atoms with Crippen molar-refractivity contribution in [2.24, 2.45) is 5.92 Å². The molecule has 0 bridgehead atoms. The number of nitrogens with zero attached hydrogens (tertiary/aromatic N) is 1. The summed E-state index contributed by atoms with van der Waals surface area (Å²) in [6.07, 6.45) is 2.09. The smallest absolute Gasteiger partial charge is 0.212 e. The van der Waals surface area contributed by atoms with Gasteiger partial charge < -0.3 is 10.1 Å². The van der Waals surface area contributed by atoms with E-state index in [0.29, 0.717) is 25.6 Å². The van der Waals surface area contributed by atoms with Crippen molar-refractivity contribution in [1.29, 1.82) is 0 Å². The second kappa shape index (κ2) is 7.54. The average Bonchev–Trinajstić information content (AvgIpc) is 2.46. The third kappa shape index (κ3) is 5.74. The molecular formula is C12H25N3O3S. The summed E-state index contributed by atoms with van der Waals surface area (Å²) in [6.45, 7) is 6.41. The summed E-state index contributed by atoms with van der Waals surface area (Å²) in [6, 6.07) is 0. The van der Waals surface area contributed by atoms with Crippen LogP contribution in [-0.4, -0.2) is 71.6 Å². The fraction of sp³-hybridized carbons (Fsp3) is 1.00. The Morgan fingerprint density at radius 1 is 1.32 bits per heavy atom. The summed E-state index contributed by atoms with van der Waals surface area (Å²) in [5.41, 5.74) is 0. The molecule has 0 aromatic heterocycles. The van der Waals surface area contributed by atoms with Crippen molar-refractivity contribution in [3.8, 4) is 0 Å². The van der Waals surface area contributed by atoms with Crippen LogP contribution >= 0.6 is 0 Å². The van der Waals surface area contributed by atoms with Gasteiger partial charge in [-0.05, 0) is 18.8 Å². The third-order valence-corrected chi connectivity index (χ3v) is 5.06. The van der Waals surface area contributed by atoms with Crippen LogP contribution in [0.4, 0.5) is 0 Å². The van der Waals surface area contributed by atoms with Crippen LogP contribution in [0.3, 0.4) is 0 Å². The van der Waals surface area contributed by atoms with Crippen LogP contribution in [-0.2, 0) is 14.8 Å². The highest BCUT2D eigenvalue weighted by Crippen LogP contribution is 2.12. The molecule has 2 N–H and O–H groups in total. The Hall–Kier alpha value is -0.210. The first-order chi connectivity index (χ1) is 9.16. The van der Waals surface area contributed by atoms with Crippen molar-refractivity contribution in [1.82, 2.24) is 14.9 Å². The Balaban J connectivity index is 1.65. The monoisotopic (exact) mass is 291 g/mol. The lowest BCUT2D eigenvalue weighted by Gasteiger charge is -2.27. The summed E-state index contributed by atoms with van der Waals surface area (Å²) < 4.78 is 31.9. The van der Waals surface area contributed by atoms with Crippen LogP contribution in [0, 0.1) is 5.92 Å². The van der Waals surface area contributed by atoms with Gasteiger partial charge in [0, 0.05) is 45.9 Å². The minimum Gasteiger partial charge on any atom is -0.381 e. The van der Waals surface area contributed by atoms with E-state index in [2.05, 4.69) is 14.9 Å². The minimum absolute atomic E-state index is 0.195. The molecule has 2 aliphatic heterocycles. The topological polar surface area (TPSA) is 70.7 Å². The molecule has 0 aromatic carbocycles. The zero-order chi connectivity index (χ0) is 13.6. The van der Waals surface area contributed by atoms with E-state index in [-0.39, 0.29) is 5.75 Å². The zero-order valence-corrected chi connectivity index (χ0v) is 12.3. The van der Waals surface area contributed by atoms with Gasteiger partial charge in [0.15, 0.2) is 0 Å². The molecule has 0 saturated carbocycles. The molecule has 2 aliphatic rings. The second-order valence-corrected chi connectivity index (χ2v) is 7.27. The van der Waals surface area contributed by atoms with Crippen molar-refractivity contribution in [2.45, 2.75) is 12.8 Å². The number of sulfonamides is 1. The molecular weight excluding hydrogens is 266 g/mol. The number of hydrogen-bond acceptors (Lipinski definition) is 5. The van der Waals surface area contributed by atoms with E-state index in [4.69, 9.17) is 4.74 Å². The zero-order valence-electron chi connectivity index (χ0n) is 11.4. The molecule has 19 heavy (non-hydrogen) atoms. The van der Waals surface area contributed by atoms with Gasteiger partial charge in [-0.2, -0.15) is 0 Å². The highest BCUT2D eigenvalue weighted by molar-refractivity contribution is 7.89. The van der Waals surface area contributed by atoms with Gasteiger partial charge in [-0.3, -0.25) is 4.90 Å². The van der Waals surface area contributed by atoms with Gasteiger partial charge >= 0.3 is 0 Å². The van der Waals surface area contributed by atoms with Gasteiger partial charge in [-0.25, -0.2) is 13.1 Å². The third-order valence-electron chi connectivity index (χ3n) is 3.73. The van der Waals surface area contributed by atoms with Gasteiger partial charge in [-0.1, -0.05) is 0 Å². The summed E-state index contributed by atoms with van der Waals surface area (Å²) in [4.78, 5) is 2.19. The molecule has 2 fully saturated rings. The molecule has 2 saturated heterocycles. The van der Waals surface area contributed by atoms with E-state index in [1.165, 1.54) is 0 Å². The van der Waals surface area contributed by atoms with E-state index >= 15 is 0 Å². The van der Waals surface area contributed by atoms with E-state index in [0.717, 1.165) is 45.6 Å². The van der Waals surface area contributed by atoms with Crippen molar-refractivity contribution < 1.29 is 13.2 Å². The Bertz CT molecular complexity index is 321. The molecule has 2 rings (SSSR count). The van der Waals surface area contributed by atoms with Crippen molar-refractivity contribution in [2.75, 3.05) is 58.2 Å². The van der Waals surface area contributed by atoms with Crippen LogP contribution in [0.5, 0.6) is 0 Å². The largest absolute Gasteiger partial charge is 0.381 e. The molecule has 1 unspecified atom stereocenters. The van der Waals surface area contributed by atoms with Gasteiger partial charge in [0.05, 0.1) is 12.4 Å². The van der Waals surface area contributed by atoms with Gasteiger partial charge in [0.25, 0.3) is 0 Å². The SMILES string of the molecule is O=S(=O)(CCN1CCNCC1)NCC1CCCOC1. The van der Waals surface area contributed by atoms with Crippen LogP contribution in [0.1, 0.15) is 12.8 Å². The quantitative estimate of drug-likeness (QED) is 0.673. The molecule has 0 aromatic rings. The highest BCUT2D eigenvalue weighted by atomic mass is 32.2.